The van der Waals surface area contributed by atoms with Gasteiger partial charge in [0.2, 0.25) is 5.88 Å². The molecule has 32 heavy (non-hydrogen) atoms. The number of nitrogens with zero attached hydrogens (tertiary/aromatic N) is 4. The number of rotatable bonds is 4. The zero-order chi connectivity index (χ0) is 24.2. The molecule has 1 aromatic rings. The van der Waals surface area contributed by atoms with Gasteiger partial charge in [0, 0.05) is 39.6 Å². The Balaban J connectivity index is 0.00000176. The molecule has 0 radical (unpaired) electrons. The summed E-state index contributed by atoms with van der Waals surface area (Å²) < 4.78 is 5.07. The van der Waals surface area contributed by atoms with E-state index in [4.69, 9.17) is 4.74 Å². The second-order valence-corrected chi connectivity index (χ2v) is 9.69. The van der Waals surface area contributed by atoms with Crippen molar-refractivity contribution in [1.29, 1.82) is 5.26 Å². The molecular weight excluding hydrogens is 452 g/mol. The molecule has 0 spiro atoms. The molecule has 1 unspecified atom stereocenters. The molecule has 4 atom stereocenters. The number of likely N-dealkylation sites (N-methyl/N-ethyl adjacent to an activating group) is 1. The highest BCUT2D eigenvalue weighted by Crippen LogP contribution is 2.55. The number of carbonyl (C=O) groups excluding carboxylic acids is 4. The molecule has 0 bridgehead atoms. The summed E-state index contributed by atoms with van der Waals surface area (Å²) in [5.74, 6) is -1.36. The fourth-order valence-electron chi connectivity index (χ4n) is 3.93. The monoisotopic (exact) mass is 478 g/mol. The molecule has 3 rings (SSSR count). The van der Waals surface area contributed by atoms with Crippen LogP contribution in [0.4, 0.5) is 0 Å². The molecule has 1 aromatic heterocycles. The minimum atomic E-state index is -1.55. The highest BCUT2D eigenvalue weighted by Gasteiger charge is 2.65. The predicted molar refractivity (Wildman–Crippen MR) is 121 cm³/mol. The Morgan fingerprint density at radius 3 is 2.38 bits per heavy atom. The number of piperazine rings is 1. The van der Waals surface area contributed by atoms with Crippen LogP contribution in [-0.4, -0.2) is 61.2 Å². The number of hydrogen-bond donors (Lipinski definition) is 0. The number of thioether (sulfide) groups is 2. The number of pyridine rings is 1. The van der Waals surface area contributed by atoms with Crippen LogP contribution in [-0.2, 0) is 19.2 Å². The smallest absolute Gasteiger partial charge is 0.260 e. The third-order valence-electron chi connectivity index (χ3n) is 5.07. The van der Waals surface area contributed by atoms with Crippen LogP contribution in [0.2, 0.25) is 0 Å². The van der Waals surface area contributed by atoms with E-state index in [1.807, 2.05) is 13.8 Å². The number of aromatic nitrogens is 1. The van der Waals surface area contributed by atoms with Gasteiger partial charge in [0.15, 0.2) is 20.5 Å². The Morgan fingerprint density at radius 2 is 1.91 bits per heavy atom. The van der Waals surface area contributed by atoms with Crippen LogP contribution in [0.5, 0.6) is 5.88 Å². The number of ether oxygens (including phenoxy) is 1. The highest BCUT2D eigenvalue weighted by molar-refractivity contribution is 8.15. The lowest BCUT2D eigenvalue weighted by Crippen LogP contribution is -2.66. The molecule has 0 saturated carbocycles. The summed E-state index contributed by atoms with van der Waals surface area (Å²) in [6.07, 6.45) is 1.49. The quantitative estimate of drug-likeness (QED) is 0.643. The molecule has 2 saturated heterocycles. The van der Waals surface area contributed by atoms with E-state index in [1.54, 1.807) is 12.1 Å². The first-order valence-electron chi connectivity index (χ1n) is 10.0. The SMILES string of the molecule is CC.COc1ccc([C@H]2C(C#N)C[C@]3(SC(C)=O)C(=O)N(C)[C@@H](SC(C)=O)C(=O)N23)cn1. The number of fused-ring (bicyclic) bond motifs is 1. The van der Waals surface area contributed by atoms with Crippen molar-refractivity contribution in [1.82, 2.24) is 14.8 Å². The van der Waals surface area contributed by atoms with Crippen molar-refractivity contribution in [3.8, 4) is 11.9 Å². The average Bonchev–Trinajstić information content (AvgIpc) is 3.11. The molecule has 11 heteroatoms. The summed E-state index contributed by atoms with van der Waals surface area (Å²) in [6, 6.07) is 4.68. The van der Waals surface area contributed by atoms with Crippen molar-refractivity contribution in [2.45, 2.75) is 50.4 Å². The fraction of sp³-hybridized carbons (Fsp3) is 0.524. The molecule has 0 N–H and O–H groups in total. The maximum Gasteiger partial charge on any atom is 0.260 e. The molecular formula is C21H26N4O5S2. The third-order valence-corrected chi connectivity index (χ3v) is 7.30. The largest absolute Gasteiger partial charge is 0.481 e. The van der Waals surface area contributed by atoms with Gasteiger partial charge in [0.1, 0.15) is 0 Å². The van der Waals surface area contributed by atoms with Gasteiger partial charge in [-0.3, -0.25) is 19.2 Å². The Morgan fingerprint density at radius 1 is 1.25 bits per heavy atom. The first kappa shape index (κ1) is 25.7. The van der Waals surface area contributed by atoms with Crippen LogP contribution < -0.4 is 4.74 Å². The second-order valence-electron chi connectivity index (χ2n) is 6.98. The van der Waals surface area contributed by atoms with Gasteiger partial charge in [0.25, 0.3) is 11.8 Å². The van der Waals surface area contributed by atoms with E-state index in [0.717, 1.165) is 23.5 Å². The first-order valence-corrected chi connectivity index (χ1v) is 11.7. The lowest BCUT2D eigenvalue weighted by atomic mass is 9.95. The van der Waals surface area contributed by atoms with Crippen LogP contribution >= 0.6 is 23.5 Å². The van der Waals surface area contributed by atoms with E-state index in [-0.39, 0.29) is 16.7 Å². The molecule has 2 fully saturated rings. The van der Waals surface area contributed by atoms with Crippen LogP contribution in [0.25, 0.3) is 0 Å². The minimum Gasteiger partial charge on any atom is -0.481 e. The van der Waals surface area contributed by atoms with Gasteiger partial charge in [-0.15, -0.1) is 0 Å². The summed E-state index contributed by atoms with van der Waals surface area (Å²) in [6.45, 7) is 6.63. The average molecular weight is 479 g/mol. The van der Waals surface area contributed by atoms with Gasteiger partial charge in [-0.1, -0.05) is 31.7 Å². The molecule has 172 valence electrons. The summed E-state index contributed by atoms with van der Waals surface area (Å²) in [7, 11) is 2.90. The second kappa shape index (κ2) is 10.4. The first-order chi connectivity index (χ1) is 15.2. The normalized spacial score (nSPS) is 26.6. The van der Waals surface area contributed by atoms with Gasteiger partial charge in [-0.05, 0) is 17.3 Å². The van der Waals surface area contributed by atoms with Crippen LogP contribution in [0.3, 0.4) is 0 Å². The van der Waals surface area contributed by atoms with E-state index in [0.29, 0.717) is 11.4 Å². The van der Waals surface area contributed by atoms with E-state index in [1.165, 1.54) is 44.0 Å². The van der Waals surface area contributed by atoms with Crippen LogP contribution in [0.15, 0.2) is 18.3 Å². The number of hydrogen-bond acceptors (Lipinski definition) is 9. The van der Waals surface area contributed by atoms with E-state index < -0.39 is 34.0 Å². The highest BCUT2D eigenvalue weighted by atomic mass is 32.2. The van der Waals surface area contributed by atoms with Gasteiger partial charge in [0.05, 0.1) is 25.1 Å². The molecule has 0 aromatic carbocycles. The van der Waals surface area contributed by atoms with Crippen molar-refractivity contribution >= 4 is 45.6 Å². The maximum atomic E-state index is 13.5. The van der Waals surface area contributed by atoms with Gasteiger partial charge < -0.3 is 14.5 Å². The van der Waals surface area contributed by atoms with Gasteiger partial charge in [-0.2, -0.15) is 5.26 Å². The third kappa shape index (κ3) is 4.47. The number of nitriles is 1. The molecule has 3 heterocycles. The van der Waals surface area contributed by atoms with Crippen molar-refractivity contribution in [3.05, 3.63) is 23.9 Å². The summed E-state index contributed by atoms with van der Waals surface area (Å²) >= 11 is 1.48. The molecule has 2 amide bonds. The Kier molecular flexibility index (Phi) is 8.31. The van der Waals surface area contributed by atoms with Gasteiger partial charge >= 0.3 is 0 Å². The van der Waals surface area contributed by atoms with E-state index in [2.05, 4.69) is 11.1 Å². The summed E-state index contributed by atoms with van der Waals surface area (Å²) in [5.41, 5.74) is 0.547. The topological polar surface area (TPSA) is 121 Å². The lowest BCUT2D eigenvalue weighted by molar-refractivity contribution is -0.158. The number of carbonyl (C=O) groups is 4. The standard InChI is InChI=1S/C19H20N4O5S2.C2H6/c1-10(24)29-17-16(26)23-15(12-5-6-14(28-4)21-9-12)13(8-20)7-19(23,30-11(2)25)18(27)22(17)3;1-2/h5-6,9,13,15,17H,7H2,1-4H3;1-2H3/t13?,15-,17-,19-;/m0./s1. The minimum absolute atomic E-state index is 0.00316. The summed E-state index contributed by atoms with van der Waals surface area (Å²) in [5, 5.41) is 8.09. The Bertz CT molecular complexity index is 949. The number of methoxy groups -OCH3 is 1. The van der Waals surface area contributed by atoms with Crippen molar-refractivity contribution < 1.29 is 23.9 Å². The molecule has 9 nitrogen and oxygen atoms in total. The van der Waals surface area contributed by atoms with E-state index in [9.17, 15) is 24.4 Å². The summed E-state index contributed by atoms with van der Waals surface area (Å²) in [4.78, 5) is 55.9. The van der Waals surface area contributed by atoms with Crippen molar-refractivity contribution in [3.63, 3.8) is 0 Å². The Hall–Kier alpha value is -2.58. The fourth-order valence-corrected chi connectivity index (χ4v) is 5.98. The van der Waals surface area contributed by atoms with Gasteiger partial charge in [-0.25, -0.2) is 4.98 Å². The lowest BCUT2D eigenvalue weighted by Gasteiger charge is -2.48. The van der Waals surface area contributed by atoms with Crippen LogP contribution in [0, 0.1) is 17.2 Å². The zero-order valence-electron chi connectivity index (χ0n) is 18.8. The molecule has 2 aliphatic heterocycles. The van der Waals surface area contributed by atoms with Crippen LogP contribution in [0.1, 0.15) is 45.7 Å². The molecule has 2 aliphatic rings. The Labute approximate surface area is 195 Å². The van der Waals surface area contributed by atoms with Crippen molar-refractivity contribution in [2.75, 3.05) is 14.2 Å². The van der Waals surface area contributed by atoms with E-state index >= 15 is 0 Å². The predicted octanol–water partition coefficient (Wildman–Crippen LogP) is 2.58. The zero-order valence-corrected chi connectivity index (χ0v) is 20.5. The maximum absolute atomic E-state index is 13.5. The van der Waals surface area contributed by atoms with Crippen molar-refractivity contribution in [2.24, 2.45) is 5.92 Å². The molecule has 0 aliphatic carbocycles. The number of amides is 2.